The molecule has 1 aromatic rings. The Morgan fingerprint density at radius 3 is 2.67 bits per heavy atom. The molecular formula is C7H5ClO. The lowest BCUT2D eigenvalue weighted by Crippen LogP contribution is -1.77. The maximum Gasteiger partial charge on any atom is 0.151 e. The van der Waals surface area contributed by atoms with Crippen LogP contribution in [0.25, 0.3) is 0 Å². The van der Waals surface area contributed by atoms with E-state index in [9.17, 15) is 4.79 Å². The van der Waals surface area contributed by atoms with Crippen LogP contribution < -0.4 is 0 Å². The first-order chi connectivity index (χ1) is 4.72. The summed E-state index contributed by atoms with van der Waals surface area (Å²) in [5, 5.41) is 0.336. The highest BCUT2D eigenvalue weighted by molar-refractivity contribution is 6.32. The number of benzene rings is 1. The third-order valence-electron chi connectivity index (χ3n) is 0.984. The minimum atomic E-state index is -0.745. The molecule has 1 nitrogen and oxygen atoms in total. The zero-order valence-electron chi connectivity index (χ0n) is 5.60. The third kappa shape index (κ3) is 1.30. The summed E-state index contributed by atoms with van der Waals surface area (Å²) in [5.74, 6) is 0. The standard InChI is InChI=1S/C7H5ClO/c8-7-4-2-1-3-6(7)5-9/h1-5H/i5D. The maximum absolute atomic E-state index is 10.4. The van der Waals surface area contributed by atoms with Gasteiger partial charge in [0.15, 0.2) is 6.26 Å². The van der Waals surface area contributed by atoms with Gasteiger partial charge in [0.05, 0.1) is 5.02 Å². The summed E-state index contributed by atoms with van der Waals surface area (Å²) in [7, 11) is 0. The molecule has 0 N–H and O–H groups in total. The molecular weight excluding hydrogens is 136 g/mol. The van der Waals surface area contributed by atoms with Crippen molar-refractivity contribution >= 4 is 17.9 Å². The van der Waals surface area contributed by atoms with E-state index >= 15 is 0 Å². The van der Waals surface area contributed by atoms with Crippen LogP contribution in [0.1, 0.15) is 11.7 Å². The largest absolute Gasteiger partial charge is 0.298 e. The first-order valence-corrected chi connectivity index (χ1v) is 2.85. The van der Waals surface area contributed by atoms with Gasteiger partial charge in [-0.3, -0.25) is 4.79 Å². The molecule has 0 aromatic heterocycles. The van der Waals surface area contributed by atoms with Crippen molar-refractivity contribution in [3.8, 4) is 0 Å². The first kappa shape index (κ1) is 5.00. The van der Waals surface area contributed by atoms with Gasteiger partial charge in [-0.25, -0.2) is 0 Å². The Kier molecular flexibility index (Phi) is 1.47. The fourth-order valence-electron chi connectivity index (χ4n) is 0.544. The second-order valence-corrected chi connectivity index (χ2v) is 1.99. The molecule has 0 aliphatic rings. The van der Waals surface area contributed by atoms with Crippen molar-refractivity contribution in [2.24, 2.45) is 0 Å². The van der Waals surface area contributed by atoms with E-state index in [2.05, 4.69) is 0 Å². The Labute approximate surface area is 59.7 Å². The number of aldehydes is 1. The molecule has 0 radical (unpaired) electrons. The van der Waals surface area contributed by atoms with Crippen LogP contribution >= 0.6 is 11.6 Å². The molecule has 0 spiro atoms. The minimum Gasteiger partial charge on any atom is -0.298 e. The fraction of sp³-hybridized carbons (Fsp3) is 0. The number of hydrogen-bond donors (Lipinski definition) is 0. The monoisotopic (exact) mass is 141 g/mol. The van der Waals surface area contributed by atoms with Crippen molar-refractivity contribution in [3.63, 3.8) is 0 Å². The van der Waals surface area contributed by atoms with Crippen molar-refractivity contribution in [2.45, 2.75) is 0 Å². The van der Waals surface area contributed by atoms with Crippen LogP contribution in [0.3, 0.4) is 0 Å². The quantitative estimate of drug-likeness (QED) is 0.548. The molecule has 9 heavy (non-hydrogen) atoms. The molecule has 0 unspecified atom stereocenters. The number of carbonyl (C=O) groups excluding carboxylic acids is 1. The van der Waals surface area contributed by atoms with Gasteiger partial charge in [0.2, 0.25) is 0 Å². The molecule has 0 fully saturated rings. The lowest BCUT2D eigenvalue weighted by Gasteiger charge is -1.90. The van der Waals surface area contributed by atoms with Crippen molar-refractivity contribution in [1.82, 2.24) is 0 Å². The lowest BCUT2D eigenvalue weighted by molar-refractivity contribution is 0.112. The van der Waals surface area contributed by atoms with Crippen LogP contribution in [0.15, 0.2) is 24.3 Å². The third-order valence-corrected chi connectivity index (χ3v) is 1.31. The van der Waals surface area contributed by atoms with Gasteiger partial charge in [0.25, 0.3) is 0 Å². The zero-order valence-corrected chi connectivity index (χ0v) is 5.35. The average molecular weight is 142 g/mol. The molecule has 0 heterocycles. The van der Waals surface area contributed by atoms with Crippen LogP contribution in [0.2, 0.25) is 5.02 Å². The summed E-state index contributed by atoms with van der Waals surface area (Å²) < 4.78 is 6.74. The van der Waals surface area contributed by atoms with E-state index in [1.807, 2.05) is 0 Å². The van der Waals surface area contributed by atoms with Crippen LogP contribution in [0.5, 0.6) is 0 Å². The minimum absolute atomic E-state index is 0.254. The molecule has 0 amide bonds. The van der Waals surface area contributed by atoms with Crippen molar-refractivity contribution in [2.75, 3.05) is 0 Å². The summed E-state index contributed by atoms with van der Waals surface area (Å²) >= 11 is 5.58. The molecule has 0 aliphatic heterocycles. The van der Waals surface area contributed by atoms with Gasteiger partial charge < -0.3 is 0 Å². The predicted molar refractivity (Wildman–Crippen MR) is 36.8 cm³/mol. The molecule has 0 saturated carbocycles. The highest BCUT2D eigenvalue weighted by Crippen LogP contribution is 2.11. The Hall–Kier alpha value is -0.820. The Balaban J connectivity index is 3.15. The van der Waals surface area contributed by atoms with E-state index in [0.29, 0.717) is 5.02 Å². The van der Waals surface area contributed by atoms with E-state index in [1.165, 1.54) is 6.07 Å². The number of rotatable bonds is 1. The fourth-order valence-corrected chi connectivity index (χ4v) is 0.718. The summed E-state index contributed by atoms with van der Waals surface area (Å²) in [6, 6.07) is 6.50. The van der Waals surface area contributed by atoms with E-state index in [-0.39, 0.29) is 5.56 Å². The molecule has 0 saturated heterocycles. The van der Waals surface area contributed by atoms with Crippen molar-refractivity contribution in [1.29, 1.82) is 0 Å². The summed E-state index contributed by atoms with van der Waals surface area (Å²) in [4.78, 5) is 10.4. The van der Waals surface area contributed by atoms with Gasteiger partial charge in [-0.2, -0.15) is 0 Å². The van der Waals surface area contributed by atoms with Gasteiger partial charge in [-0.1, -0.05) is 29.8 Å². The molecule has 0 atom stereocenters. The molecule has 0 bridgehead atoms. The van der Waals surface area contributed by atoms with E-state index in [4.69, 9.17) is 13.0 Å². The first-order valence-electron chi connectivity index (χ1n) is 2.97. The van der Waals surface area contributed by atoms with Crippen LogP contribution in [0, 0.1) is 0 Å². The lowest BCUT2D eigenvalue weighted by atomic mass is 10.2. The van der Waals surface area contributed by atoms with Gasteiger partial charge in [0.1, 0.15) is 1.37 Å². The number of carbonyl (C=O) groups is 1. The Morgan fingerprint density at radius 1 is 1.56 bits per heavy atom. The summed E-state index contributed by atoms with van der Waals surface area (Å²) in [6.07, 6.45) is -0.745. The second kappa shape index (κ2) is 2.65. The molecule has 0 aliphatic carbocycles. The normalized spacial score (nSPS) is 10.6. The molecule has 46 valence electrons. The highest BCUT2D eigenvalue weighted by Gasteiger charge is 1.92. The van der Waals surface area contributed by atoms with E-state index in [1.54, 1.807) is 18.2 Å². The topological polar surface area (TPSA) is 17.1 Å². The van der Waals surface area contributed by atoms with Crippen LogP contribution in [0.4, 0.5) is 0 Å². The number of hydrogen-bond acceptors (Lipinski definition) is 1. The Bertz CT molecular complexity index is 260. The predicted octanol–water partition coefficient (Wildman–Crippen LogP) is 2.15. The van der Waals surface area contributed by atoms with Gasteiger partial charge >= 0.3 is 0 Å². The zero-order chi connectivity index (χ0) is 7.56. The van der Waals surface area contributed by atoms with Crippen LogP contribution in [-0.4, -0.2) is 6.26 Å². The summed E-state index contributed by atoms with van der Waals surface area (Å²) in [6.45, 7) is 0. The van der Waals surface area contributed by atoms with Gasteiger partial charge in [0, 0.05) is 5.56 Å². The summed E-state index contributed by atoms with van der Waals surface area (Å²) in [5.41, 5.74) is 0.254. The van der Waals surface area contributed by atoms with Crippen molar-refractivity contribution in [3.05, 3.63) is 34.9 Å². The molecule has 1 rings (SSSR count). The SMILES string of the molecule is [2H]C(=O)c1ccccc1Cl. The second-order valence-electron chi connectivity index (χ2n) is 1.58. The van der Waals surface area contributed by atoms with E-state index < -0.39 is 6.26 Å². The van der Waals surface area contributed by atoms with Gasteiger partial charge in [-0.15, -0.1) is 0 Å². The number of halogens is 1. The highest BCUT2D eigenvalue weighted by atomic mass is 35.5. The van der Waals surface area contributed by atoms with Crippen LogP contribution in [-0.2, 0) is 0 Å². The molecule has 2 heteroatoms. The smallest absolute Gasteiger partial charge is 0.151 e. The molecule has 1 aromatic carbocycles. The van der Waals surface area contributed by atoms with E-state index in [0.717, 1.165) is 0 Å². The average Bonchev–Trinajstić information content (AvgIpc) is 1.88. The van der Waals surface area contributed by atoms with Crippen molar-refractivity contribution < 1.29 is 6.17 Å². The Morgan fingerprint density at radius 2 is 2.22 bits per heavy atom. The maximum atomic E-state index is 10.4. The van der Waals surface area contributed by atoms with Gasteiger partial charge in [-0.05, 0) is 6.07 Å².